The van der Waals surface area contributed by atoms with Crippen LogP contribution in [0.3, 0.4) is 0 Å². The monoisotopic (exact) mass is 288 g/mol. The molecule has 0 atom stereocenters. The smallest absolute Gasteiger partial charge is 0.337 e. The number of nitrogens with one attached hydrogen (secondary N) is 2. The Bertz CT molecular complexity index is 673. The molecule has 0 fully saturated rings. The fourth-order valence-electron chi connectivity index (χ4n) is 1.75. The van der Waals surface area contributed by atoms with Crippen molar-refractivity contribution in [3.8, 4) is 0 Å². The van der Waals surface area contributed by atoms with Gasteiger partial charge in [0.25, 0.3) is 0 Å². The number of hydrogen-bond donors (Lipinski definition) is 3. The van der Waals surface area contributed by atoms with Gasteiger partial charge in [0.05, 0.1) is 23.5 Å². The van der Waals surface area contributed by atoms with Gasteiger partial charge in [0.2, 0.25) is 5.91 Å². The Morgan fingerprint density at radius 3 is 2.29 bits per heavy atom. The highest BCUT2D eigenvalue weighted by Crippen LogP contribution is 2.15. The molecule has 0 aliphatic heterocycles. The lowest BCUT2D eigenvalue weighted by atomic mass is 10.2. The number of carboxylic acids is 1. The van der Waals surface area contributed by atoms with Crippen molar-refractivity contribution in [3.63, 3.8) is 0 Å². The topological polar surface area (TPSA) is 78.4 Å². The van der Waals surface area contributed by atoms with Gasteiger partial charge in [0, 0.05) is 0 Å². The number of para-hydroxylation sites is 2. The van der Waals surface area contributed by atoms with Crippen LogP contribution >= 0.6 is 0 Å². The summed E-state index contributed by atoms with van der Waals surface area (Å²) in [5.41, 5.74) is 0.404. The lowest BCUT2D eigenvalue weighted by Gasteiger charge is -2.10. The molecular weight excluding hydrogens is 275 g/mol. The minimum Gasteiger partial charge on any atom is -0.478 e. The van der Waals surface area contributed by atoms with Gasteiger partial charge < -0.3 is 15.7 Å². The zero-order valence-corrected chi connectivity index (χ0v) is 11.0. The van der Waals surface area contributed by atoms with E-state index in [2.05, 4.69) is 10.6 Å². The van der Waals surface area contributed by atoms with Gasteiger partial charge in [-0.1, -0.05) is 24.3 Å². The summed E-state index contributed by atoms with van der Waals surface area (Å²) < 4.78 is 13.4. The largest absolute Gasteiger partial charge is 0.478 e. The van der Waals surface area contributed by atoms with Crippen molar-refractivity contribution in [3.05, 3.63) is 59.9 Å². The molecule has 5 nitrogen and oxygen atoms in total. The molecule has 0 unspecified atom stereocenters. The molecule has 0 bridgehead atoms. The fourth-order valence-corrected chi connectivity index (χ4v) is 1.75. The molecule has 0 aromatic heterocycles. The van der Waals surface area contributed by atoms with E-state index in [1.165, 1.54) is 24.3 Å². The predicted molar refractivity (Wildman–Crippen MR) is 76.9 cm³/mol. The van der Waals surface area contributed by atoms with Crippen LogP contribution in [0.1, 0.15) is 10.4 Å². The average molecular weight is 288 g/mol. The van der Waals surface area contributed by atoms with Crippen LogP contribution in [-0.2, 0) is 4.79 Å². The maximum atomic E-state index is 13.4. The number of amides is 1. The fraction of sp³-hybridized carbons (Fsp3) is 0.0667. The lowest BCUT2D eigenvalue weighted by Crippen LogP contribution is -2.23. The number of anilines is 2. The number of hydrogen-bond acceptors (Lipinski definition) is 3. The van der Waals surface area contributed by atoms with Crippen molar-refractivity contribution in [2.45, 2.75) is 0 Å². The molecule has 0 heterocycles. The minimum absolute atomic E-state index is 0.00302. The molecule has 0 aliphatic rings. The molecule has 0 saturated carbocycles. The van der Waals surface area contributed by atoms with Gasteiger partial charge in [-0.2, -0.15) is 0 Å². The van der Waals surface area contributed by atoms with Crippen molar-refractivity contribution >= 4 is 23.3 Å². The van der Waals surface area contributed by atoms with E-state index < -0.39 is 17.7 Å². The van der Waals surface area contributed by atoms with Crippen LogP contribution in [0, 0.1) is 5.82 Å². The third-order valence-electron chi connectivity index (χ3n) is 2.74. The third-order valence-corrected chi connectivity index (χ3v) is 2.74. The van der Waals surface area contributed by atoms with Crippen molar-refractivity contribution in [2.24, 2.45) is 0 Å². The maximum Gasteiger partial charge on any atom is 0.337 e. The highest BCUT2D eigenvalue weighted by Gasteiger charge is 2.11. The van der Waals surface area contributed by atoms with Crippen LogP contribution in [-0.4, -0.2) is 23.5 Å². The molecular formula is C15H13FN2O3. The van der Waals surface area contributed by atoms with E-state index in [0.29, 0.717) is 0 Å². The Labute approximate surface area is 120 Å². The van der Waals surface area contributed by atoms with E-state index in [1.807, 2.05) is 0 Å². The molecule has 1 amide bonds. The van der Waals surface area contributed by atoms with Crippen molar-refractivity contribution in [1.29, 1.82) is 0 Å². The van der Waals surface area contributed by atoms with Crippen LogP contribution in [0.15, 0.2) is 48.5 Å². The second-order valence-corrected chi connectivity index (χ2v) is 4.23. The zero-order valence-electron chi connectivity index (χ0n) is 11.0. The molecule has 0 spiro atoms. The van der Waals surface area contributed by atoms with E-state index in [0.717, 1.165) is 0 Å². The van der Waals surface area contributed by atoms with Gasteiger partial charge in [-0.25, -0.2) is 9.18 Å². The molecule has 2 rings (SSSR count). The quantitative estimate of drug-likeness (QED) is 0.790. The molecule has 0 aliphatic carbocycles. The van der Waals surface area contributed by atoms with E-state index >= 15 is 0 Å². The molecule has 3 N–H and O–H groups in total. The van der Waals surface area contributed by atoms with Gasteiger partial charge in [-0.05, 0) is 24.3 Å². The Balaban J connectivity index is 2.00. The summed E-state index contributed by atoms with van der Waals surface area (Å²) in [6, 6.07) is 12.0. The zero-order chi connectivity index (χ0) is 15.2. The number of rotatable bonds is 5. The number of carbonyl (C=O) groups excluding carboxylic acids is 1. The summed E-state index contributed by atoms with van der Waals surface area (Å²) >= 11 is 0. The van der Waals surface area contributed by atoms with Crippen LogP contribution in [0.5, 0.6) is 0 Å². The molecule has 0 saturated heterocycles. The van der Waals surface area contributed by atoms with E-state index in [1.54, 1.807) is 24.3 Å². The van der Waals surface area contributed by atoms with Crippen LogP contribution < -0.4 is 10.6 Å². The van der Waals surface area contributed by atoms with E-state index in [-0.39, 0.29) is 23.5 Å². The average Bonchev–Trinajstić information content (AvgIpc) is 2.47. The summed E-state index contributed by atoms with van der Waals surface area (Å²) in [5.74, 6) is -2.06. The van der Waals surface area contributed by atoms with Gasteiger partial charge in [-0.3, -0.25) is 4.79 Å². The number of benzene rings is 2. The molecule has 0 radical (unpaired) electrons. The molecule has 21 heavy (non-hydrogen) atoms. The van der Waals surface area contributed by atoms with E-state index in [4.69, 9.17) is 5.11 Å². The molecule has 6 heteroatoms. The third kappa shape index (κ3) is 3.79. The Hall–Kier alpha value is -2.89. The van der Waals surface area contributed by atoms with Crippen LogP contribution in [0.2, 0.25) is 0 Å². The first-order valence-corrected chi connectivity index (χ1v) is 6.18. The first-order chi connectivity index (χ1) is 10.1. The van der Waals surface area contributed by atoms with Gasteiger partial charge in [-0.15, -0.1) is 0 Å². The van der Waals surface area contributed by atoms with Gasteiger partial charge in [0.1, 0.15) is 5.82 Å². The Kier molecular flexibility index (Phi) is 4.50. The Morgan fingerprint density at radius 2 is 1.62 bits per heavy atom. The summed E-state index contributed by atoms with van der Waals surface area (Å²) in [5, 5.41) is 14.1. The minimum atomic E-state index is -1.13. The second kappa shape index (κ2) is 6.51. The summed E-state index contributed by atoms with van der Waals surface area (Å²) in [6.07, 6.45) is 0. The molecule has 2 aromatic carbocycles. The number of halogens is 1. The van der Waals surface area contributed by atoms with Gasteiger partial charge >= 0.3 is 5.97 Å². The molecule has 2 aromatic rings. The van der Waals surface area contributed by atoms with Crippen molar-refractivity contribution < 1.29 is 19.1 Å². The highest BCUT2D eigenvalue weighted by molar-refractivity contribution is 6.01. The van der Waals surface area contributed by atoms with Crippen LogP contribution in [0.4, 0.5) is 15.8 Å². The number of carbonyl (C=O) groups is 2. The summed E-state index contributed by atoms with van der Waals surface area (Å²) in [4.78, 5) is 22.8. The number of carboxylic acid groups (broad SMARTS) is 1. The Morgan fingerprint density at radius 1 is 1.00 bits per heavy atom. The normalized spacial score (nSPS) is 9.95. The second-order valence-electron chi connectivity index (χ2n) is 4.23. The molecule has 108 valence electrons. The summed E-state index contributed by atoms with van der Waals surface area (Å²) in [6.45, 7) is -0.172. The first-order valence-electron chi connectivity index (χ1n) is 6.18. The van der Waals surface area contributed by atoms with Crippen molar-refractivity contribution in [1.82, 2.24) is 0 Å². The van der Waals surface area contributed by atoms with Gasteiger partial charge in [0.15, 0.2) is 0 Å². The first kappa shape index (κ1) is 14.5. The van der Waals surface area contributed by atoms with Crippen molar-refractivity contribution in [2.75, 3.05) is 17.2 Å². The summed E-state index contributed by atoms with van der Waals surface area (Å²) in [7, 11) is 0. The highest BCUT2D eigenvalue weighted by atomic mass is 19.1. The lowest BCUT2D eigenvalue weighted by molar-refractivity contribution is -0.114. The van der Waals surface area contributed by atoms with E-state index in [9.17, 15) is 14.0 Å². The maximum absolute atomic E-state index is 13.4. The van der Waals surface area contributed by atoms with Crippen LogP contribution in [0.25, 0.3) is 0 Å². The SMILES string of the molecule is O=C(CNc1ccccc1F)Nc1ccccc1C(=O)O. The standard InChI is InChI=1S/C15H13FN2O3/c16-11-6-2-4-8-13(11)17-9-14(19)18-12-7-3-1-5-10(12)15(20)21/h1-8,17H,9H2,(H,18,19)(H,20,21). The predicted octanol–water partition coefficient (Wildman–Crippen LogP) is 2.57. The number of aromatic carboxylic acids is 1.